The van der Waals surface area contributed by atoms with Crippen molar-refractivity contribution in [3.05, 3.63) is 17.5 Å². The van der Waals surface area contributed by atoms with Crippen LogP contribution in [0.3, 0.4) is 0 Å². The zero-order chi connectivity index (χ0) is 13.0. The maximum Gasteiger partial charge on any atom is 0.261 e. The van der Waals surface area contributed by atoms with E-state index in [2.05, 4.69) is 11.9 Å². The number of thiophene rings is 1. The number of rotatable bonds is 6. The lowest BCUT2D eigenvalue weighted by Crippen LogP contribution is -2.12. The summed E-state index contributed by atoms with van der Waals surface area (Å²) in [5.74, 6) is -0.0617. The van der Waals surface area contributed by atoms with E-state index in [1.54, 1.807) is 6.08 Å². The van der Waals surface area contributed by atoms with E-state index >= 15 is 0 Å². The molecule has 94 valence electrons. The minimum Gasteiger partial charge on any atom is -0.486 e. The Balaban J connectivity index is 3.11. The molecule has 0 aliphatic rings. The molecule has 0 aliphatic heterocycles. The molecule has 0 radical (unpaired) electrons. The number of hydrogen-bond acceptors (Lipinski definition) is 5. The second-order valence-electron chi connectivity index (χ2n) is 3.70. The Morgan fingerprint density at radius 1 is 1.65 bits per heavy atom. The third kappa shape index (κ3) is 3.13. The fourth-order valence-electron chi connectivity index (χ4n) is 1.25. The first-order valence-electron chi connectivity index (χ1n) is 5.20. The van der Waals surface area contributed by atoms with E-state index in [0.717, 1.165) is 0 Å². The number of carbonyl (C=O) groups is 1. The van der Waals surface area contributed by atoms with Gasteiger partial charge in [0.05, 0.1) is 6.10 Å². The van der Waals surface area contributed by atoms with Gasteiger partial charge in [-0.05, 0) is 13.8 Å². The smallest absolute Gasteiger partial charge is 0.261 e. The summed E-state index contributed by atoms with van der Waals surface area (Å²) in [7, 11) is 0. The zero-order valence-electron chi connectivity index (χ0n) is 9.95. The fourth-order valence-corrected chi connectivity index (χ4v) is 2.16. The molecule has 0 atom stereocenters. The van der Waals surface area contributed by atoms with Crippen molar-refractivity contribution in [2.45, 2.75) is 20.0 Å². The summed E-state index contributed by atoms with van der Waals surface area (Å²) in [5.41, 5.74) is 11.4. The van der Waals surface area contributed by atoms with Crippen LogP contribution in [0, 0.1) is 0 Å². The van der Waals surface area contributed by atoms with E-state index in [4.69, 9.17) is 16.2 Å². The van der Waals surface area contributed by atoms with E-state index in [9.17, 15) is 4.79 Å². The minimum atomic E-state index is -0.548. The molecule has 0 saturated heterocycles. The van der Waals surface area contributed by atoms with Crippen LogP contribution in [0.25, 0.3) is 0 Å². The average Bonchev–Trinajstić information content (AvgIpc) is 2.53. The third-order valence-electron chi connectivity index (χ3n) is 1.88. The number of amides is 1. The van der Waals surface area contributed by atoms with Gasteiger partial charge in [-0.15, -0.1) is 17.9 Å². The monoisotopic (exact) mass is 255 g/mol. The summed E-state index contributed by atoms with van der Waals surface area (Å²) < 4.78 is 5.58. The van der Waals surface area contributed by atoms with Crippen LogP contribution >= 0.6 is 11.3 Å². The second kappa shape index (κ2) is 5.58. The highest BCUT2D eigenvalue weighted by molar-refractivity contribution is 7.19. The van der Waals surface area contributed by atoms with Gasteiger partial charge in [0.25, 0.3) is 5.91 Å². The molecular formula is C11H17N3O2S. The third-order valence-corrected chi connectivity index (χ3v) is 3.04. The van der Waals surface area contributed by atoms with Crippen molar-refractivity contribution in [1.29, 1.82) is 0 Å². The quantitative estimate of drug-likeness (QED) is 0.676. The Labute approximate surface area is 104 Å². The van der Waals surface area contributed by atoms with Crippen LogP contribution in [0.2, 0.25) is 0 Å². The number of nitrogens with two attached hydrogens (primary N) is 2. The van der Waals surface area contributed by atoms with Crippen LogP contribution in [0.15, 0.2) is 12.7 Å². The molecular weight excluding hydrogens is 238 g/mol. The summed E-state index contributed by atoms with van der Waals surface area (Å²) in [5, 5.41) is 3.77. The summed E-state index contributed by atoms with van der Waals surface area (Å²) in [4.78, 5) is 11.5. The number of hydrogen-bond donors (Lipinski definition) is 3. The Hall–Kier alpha value is -1.69. The van der Waals surface area contributed by atoms with E-state index in [-0.39, 0.29) is 6.10 Å². The number of anilines is 2. The maximum atomic E-state index is 11.2. The molecule has 1 amide bonds. The molecule has 1 rings (SSSR count). The first kappa shape index (κ1) is 13.4. The molecule has 0 bridgehead atoms. The zero-order valence-corrected chi connectivity index (χ0v) is 10.8. The topological polar surface area (TPSA) is 90.4 Å². The number of ether oxygens (including phenoxy) is 1. The van der Waals surface area contributed by atoms with Gasteiger partial charge in [0.2, 0.25) is 0 Å². The largest absolute Gasteiger partial charge is 0.486 e. The molecule has 0 unspecified atom stereocenters. The molecule has 0 spiro atoms. The lowest BCUT2D eigenvalue weighted by molar-refractivity contribution is 0.100. The first-order chi connectivity index (χ1) is 7.97. The fraction of sp³-hybridized carbons (Fsp3) is 0.364. The summed E-state index contributed by atoms with van der Waals surface area (Å²) in [6.07, 6.45) is 1.68. The molecule has 0 fully saturated rings. The first-order valence-corrected chi connectivity index (χ1v) is 6.02. The second-order valence-corrected chi connectivity index (χ2v) is 4.72. The summed E-state index contributed by atoms with van der Waals surface area (Å²) in [6.45, 7) is 7.95. The van der Waals surface area contributed by atoms with Gasteiger partial charge in [-0.25, -0.2) is 0 Å². The van der Waals surface area contributed by atoms with Crippen molar-refractivity contribution in [3.63, 3.8) is 0 Å². The number of primary amides is 1. The number of nitrogen functional groups attached to an aromatic ring is 1. The van der Waals surface area contributed by atoms with Crippen molar-refractivity contribution < 1.29 is 9.53 Å². The SMILES string of the molecule is C=CCNc1sc(C(N)=O)c(N)c1OC(C)C. The Kier molecular flexibility index (Phi) is 4.39. The molecule has 6 heteroatoms. The summed E-state index contributed by atoms with van der Waals surface area (Å²) >= 11 is 1.19. The number of carbonyl (C=O) groups excluding carboxylic acids is 1. The molecule has 0 aliphatic carbocycles. The molecule has 1 aromatic rings. The number of nitrogens with one attached hydrogen (secondary N) is 1. The van der Waals surface area contributed by atoms with Crippen LogP contribution in [-0.4, -0.2) is 18.6 Å². The highest BCUT2D eigenvalue weighted by Gasteiger charge is 2.21. The van der Waals surface area contributed by atoms with E-state index in [0.29, 0.717) is 27.9 Å². The van der Waals surface area contributed by atoms with Crippen molar-refractivity contribution in [1.82, 2.24) is 0 Å². The molecule has 17 heavy (non-hydrogen) atoms. The van der Waals surface area contributed by atoms with Gasteiger partial charge in [0.1, 0.15) is 15.6 Å². The van der Waals surface area contributed by atoms with Crippen LogP contribution in [0.4, 0.5) is 10.7 Å². The van der Waals surface area contributed by atoms with Crippen molar-refractivity contribution in [3.8, 4) is 5.75 Å². The Morgan fingerprint density at radius 2 is 2.29 bits per heavy atom. The van der Waals surface area contributed by atoms with Crippen LogP contribution in [-0.2, 0) is 0 Å². The van der Waals surface area contributed by atoms with Crippen molar-refractivity contribution >= 4 is 27.9 Å². The highest BCUT2D eigenvalue weighted by atomic mass is 32.1. The van der Waals surface area contributed by atoms with Gasteiger partial charge in [-0.3, -0.25) is 4.79 Å². The van der Waals surface area contributed by atoms with Gasteiger partial charge in [-0.1, -0.05) is 6.08 Å². The van der Waals surface area contributed by atoms with E-state index in [1.807, 2.05) is 13.8 Å². The van der Waals surface area contributed by atoms with Gasteiger partial charge in [-0.2, -0.15) is 0 Å². The van der Waals surface area contributed by atoms with Crippen LogP contribution < -0.4 is 21.5 Å². The van der Waals surface area contributed by atoms with Crippen LogP contribution in [0.5, 0.6) is 5.75 Å². The lowest BCUT2D eigenvalue weighted by atomic mass is 10.3. The van der Waals surface area contributed by atoms with Gasteiger partial charge < -0.3 is 21.5 Å². The molecule has 5 nitrogen and oxygen atoms in total. The average molecular weight is 255 g/mol. The van der Waals surface area contributed by atoms with Crippen LogP contribution in [0.1, 0.15) is 23.5 Å². The Morgan fingerprint density at radius 3 is 2.76 bits per heavy atom. The standard InChI is InChI=1S/C11H17N3O2S/c1-4-5-14-11-8(16-6(2)3)7(12)9(17-11)10(13)15/h4,6,14H,1,5,12H2,2-3H3,(H2,13,15). The molecule has 0 aromatic carbocycles. The van der Waals surface area contributed by atoms with Crippen molar-refractivity contribution in [2.24, 2.45) is 5.73 Å². The predicted octanol–water partition coefficient (Wildman–Crippen LogP) is 1.81. The maximum absolute atomic E-state index is 11.2. The summed E-state index contributed by atoms with van der Waals surface area (Å²) in [6, 6.07) is 0. The Bertz CT molecular complexity index is 427. The van der Waals surface area contributed by atoms with Gasteiger partial charge >= 0.3 is 0 Å². The molecule has 1 heterocycles. The molecule has 0 saturated carbocycles. The molecule has 1 aromatic heterocycles. The van der Waals surface area contributed by atoms with Crippen molar-refractivity contribution in [2.75, 3.05) is 17.6 Å². The minimum absolute atomic E-state index is 0.0306. The normalized spacial score (nSPS) is 10.3. The highest BCUT2D eigenvalue weighted by Crippen LogP contribution is 2.42. The van der Waals surface area contributed by atoms with E-state index in [1.165, 1.54) is 11.3 Å². The predicted molar refractivity (Wildman–Crippen MR) is 71.7 cm³/mol. The van der Waals surface area contributed by atoms with Gasteiger partial charge in [0.15, 0.2) is 5.75 Å². The lowest BCUT2D eigenvalue weighted by Gasteiger charge is -2.11. The van der Waals surface area contributed by atoms with Gasteiger partial charge in [0, 0.05) is 6.54 Å². The van der Waals surface area contributed by atoms with E-state index < -0.39 is 5.91 Å². The molecule has 5 N–H and O–H groups in total.